The Labute approximate surface area is 183 Å². The van der Waals surface area contributed by atoms with E-state index in [1.807, 2.05) is 23.1 Å². The Morgan fingerprint density at radius 2 is 1.84 bits per heavy atom. The Morgan fingerprint density at radius 1 is 1.13 bits per heavy atom. The SMILES string of the molecule is NC(=O)C1CCN(CC(=O)Nc2oc3ccc(Cl)cc3c(=O)c2-c2ccccc2)CC1. The number of nitrogens with one attached hydrogen (secondary N) is 1. The van der Waals surface area contributed by atoms with Crippen molar-refractivity contribution in [1.29, 1.82) is 0 Å². The summed E-state index contributed by atoms with van der Waals surface area (Å²) in [6.07, 6.45) is 1.26. The van der Waals surface area contributed by atoms with Crippen molar-refractivity contribution < 1.29 is 14.0 Å². The lowest BCUT2D eigenvalue weighted by Crippen LogP contribution is -2.42. The molecule has 31 heavy (non-hydrogen) atoms. The van der Waals surface area contributed by atoms with Gasteiger partial charge >= 0.3 is 0 Å². The van der Waals surface area contributed by atoms with Crippen molar-refractivity contribution in [2.75, 3.05) is 25.0 Å². The van der Waals surface area contributed by atoms with E-state index >= 15 is 0 Å². The van der Waals surface area contributed by atoms with Gasteiger partial charge in [0.25, 0.3) is 0 Å². The second-order valence-corrected chi connectivity index (χ2v) is 8.08. The first-order valence-corrected chi connectivity index (χ1v) is 10.4. The quantitative estimate of drug-likeness (QED) is 0.634. The smallest absolute Gasteiger partial charge is 0.240 e. The fourth-order valence-corrected chi connectivity index (χ4v) is 4.04. The van der Waals surface area contributed by atoms with Crippen molar-refractivity contribution in [2.45, 2.75) is 12.8 Å². The zero-order valence-corrected chi connectivity index (χ0v) is 17.5. The second kappa shape index (κ2) is 8.91. The Kier molecular flexibility index (Phi) is 6.06. The van der Waals surface area contributed by atoms with Gasteiger partial charge in [-0.05, 0) is 49.7 Å². The summed E-state index contributed by atoms with van der Waals surface area (Å²) < 4.78 is 5.92. The van der Waals surface area contributed by atoms with Gasteiger partial charge < -0.3 is 10.2 Å². The first-order chi connectivity index (χ1) is 14.9. The van der Waals surface area contributed by atoms with E-state index in [1.54, 1.807) is 30.3 Å². The van der Waals surface area contributed by atoms with E-state index in [0.29, 0.717) is 47.5 Å². The fourth-order valence-electron chi connectivity index (χ4n) is 3.87. The Hall–Kier alpha value is -3.16. The third-order valence-corrected chi connectivity index (χ3v) is 5.76. The lowest BCUT2D eigenvalue weighted by atomic mass is 9.96. The normalized spacial score (nSPS) is 15.1. The highest BCUT2D eigenvalue weighted by molar-refractivity contribution is 6.31. The molecule has 2 aromatic carbocycles. The van der Waals surface area contributed by atoms with Gasteiger partial charge in [0.1, 0.15) is 5.58 Å². The number of hydrogen-bond acceptors (Lipinski definition) is 5. The van der Waals surface area contributed by atoms with E-state index in [4.69, 9.17) is 21.8 Å². The molecule has 1 aliphatic heterocycles. The summed E-state index contributed by atoms with van der Waals surface area (Å²) in [6.45, 7) is 1.33. The van der Waals surface area contributed by atoms with E-state index in [2.05, 4.69) is 5.32 Å². The molecule has 0 bridgehead atoms. The predicted octanol–water partition coefficient (Wildman–Crippen LogP) is 3.25. The van der Waals surface area contributed by atoms with Crippen LogP contribution in [0.1, 0.15) is 12.8 Å². The highest BCUT2D eigenvalue weighted by Crippen LogP contribution is 2.29. The number of halogens is 1. The largest absolute Gasteiger partial charge is 0.439 e. The number of primary amides is 1. The van der Waals surface area contributed by atoms with E-state index in [1.165, 1.54) is 0 Å². The molecule has 2 amide bonds. The van der Waals surface area contributed by atoms with E-state index in [0.717, 1.165) is 0 Å². The topological polar surface area (TPSA) is 106 Å². The Balaban J connectivity index is 1.62. The van der Waals surface area contributed by atoms with Gasteiger partial charge in [0.15, 0.2) is 0 Å². The third-order valence-electron chi connectivity index (χ3n) is 5.52. The summed E-state index contributed by atoms with van der Waals surface area (Å²) in [4.78, 5) is 39.3. The number of fused-ring (bicyclic) bond motifs is 1. The van der Waals surface area contributed by atoms with Crippen LogP contribution >= 0.6 is 11.6 Å². The van der Waals surface area contributed by atoms with Crippen molar-refractivity contribution in [1.82, 2.24) is 4.90 Å². The average molecular weight is 440 g/mol. The lowest BCUT2D eigenvalue weighted by molar-refractivity contribution is -0.123. The monoisotopic (exact) mass is 439 g/mol. The molecule has 0 aliphatic carbocycles. The van der Waals surface area contributed by atoms with Crippen molar-refractivity contribution in [3.05, 3.63) is 63.8 Å². The molecule has 0 spiro atoms. The van der Waals surface area contributed by atoms with E-state index in [9.17, 15) is 14.4 Å². The summed E-state index contributed by atoms with van der Waals surface area (Å²) in [6, 6.07) is 13.8. The number of likely N-dealkylation sites (tertiary alicyclic amines) is 1. The standard InChI is InChI=1S/C23H22ClN3O4/c24-16-6-7-18-17(12-16)21(29)20(14-4-2-1-3-5-14)23(31-18)26-19(28)13-27-10-8-15(9-11-27)22(25)30/h1-7,12,15H,8-11,13H2,(H2,25,30)(H,26,28). The van der Waals surface area contributed by atoms with Crippen molar-refractivity contribution in [2.24, 2.45) is 11.7 Å². The van der Waals surface area contributed by atoms with Gasteiger partial charge in [-0.15, -0.1) is 0 Å². The minimum Gasteiger partial charge on any atom is -0.439 e. The molecule has 160 valence electrons. The van der Waals surface area contributed by atoms with Crippen molar-refractivity contribution in [3.63, 3.8) is 0 Å². The second-order valence-electron chi connectivity index (χ2n) is 7.64. The van der Waals surface area contributed by atoms with E-state index in [-0.39, 0.29) is 41.2 Å². The summed E-state index contributed by atoms with van der Waals surface area (Å²) in [5.41, 5.74) is 6.35. The number of amides is 2. The van der Waals surface area contributed by atoms with E-state index < -0.39 is 0 Å². The highest BCUT2D eigenvalue weighted by Gasteiger charge is 2.25. The van der Waals surface area contributed by atoms with Gasteiger partial charge in [-0.3, -0.25) is 24.6 Å². The number of rotatable bonds is 5. The van der Waals surface area contributed by atoms with Gasteiger partial charge in [-0.1, -0.05) is 41.9 Å². The molecule has 3 aromatic rings. The number of piperidine rings is 1. The molecule has 1 aromatic heterocycles. The molecule has 2 heterocycles. The molecule has 0 atom stereocenters. The minimum atomic E-state index is -0.300. The molecule has 0 unspecified atom stereocenters. The molecule has 1 aliphatic rings. The van der Waals surface area contributed by atoms with Crippen LogP contribution in [0.3, 0.4) is 0 Å². The molecule has 8 heteroatoms. The zero-order valence-electron chi connectivity index (χ0n) is 16.8. The molecular weight excluding hydrogens is 418 g/mol. The summed E-state index contributed by atoms with van der Waals surface area (Å²) in [7, 11) is 0. The first-order valence-electron chi connectivity index (χ1n) is 10.1. The van der Waals surface area contributed by atoms with Crippen LogP contribution in [0.5, 0.6) is 0 Å². The lowest BCUT2D eigenvalue weighted by Gasteiger charge is -2.29. The molecule has 7 nitrogen and oxygen atoms in total. The van der Waals surface area contributed by atoms with Gasteiger partial charge in [0.05, 0.1) is 17.5 Å². The van der Waals surface area contributed by atoms with Gasteiger partial charge in [0.2, 0.25) is 23.1 Å². The van der Waals surface area contributed by atoms with Gasteiger partial charge in [-0.25, -0.2) is 0 Å². The van der Waals surface area contributed by atoms with Gasteiger partial charge in [0, 0.05) is 10.9 Å². The van der Waals surface area contributed by atoms with Crippen LogP contribution in [-0.4, -0.2) is 36.3 Å². The van der Waals surface area contributed by atoms with Crippen molar-refractivity contribution >= 4 is 40.3 Å². The van der Waals surface area contributed by atoms with Crippen LogP contribution in [0.15, 0.2) is 57.7 Å². The first kappa shape index (κ1) is 21.1. The zero-order chi connectivity index (χ0) is 22.0. The number of hydrogen-bond donors (Lipinski definition) is 2. The average Bonchev–Trinajstić information content (AvgIpc) is 2.75. The van der Waals surface area contributed by atoms with Crippen LogP contribution in [0.4, 0.5) is 5.88 Å². The molecule has 0 saturated carbocycles. The maximum absolute atomic E-state index is 13.2. The molecule has 1 fully saturated rings. The number of benzene rings is 2. The highest BCUT2D eigenvalue weighted by atomic mass is 35.5. The Bertz CT molecular complexity index is 1180. The summed E-state index contributed by atoms with van der Waals surface area (Å²) >= 11 is 6.07. The molecule has 4 rings (SSSR count). The predicted molar refractivity (Wildman–Crippen MR) is 120 cm³/mol. The van der Waals surface area contributed by atoms with Crippen LogP contribution in [0, 0.1) is 5.92 Å². The number of carbonyl (C=O) groups is 2. The number of nitrogens with two attached hydrogens (primary N) is 1. The number of carbonyl (C=O) groups excluding carboxylic acids is 2. The fraction of sp³-hybridized carbons (Fsp3) is 0.261. The maximum atomic E-state index is 13.2. The molecule has 1 saturated heterocycles. The van der Waals surface area contributed by atoms with Crippen LogP contribution < -0.4 is 16.5 Å². The summed E-state index contributed by atoms with van der Waals surface area (Å²) in [5.74, 6) is -0.641. The Morgan fingerprint density at radius 3 is 2.52 bits per heavy atom. The molecular formula is C23H22ClN3O4. The number of anilines is 1. The third kappa shape index (κ3) is 4.62. The van der Waals surface area contributed by atoms with Crippen LogP contribution in [0.2, 0.25) is 5.02 Å². The maximum Gasteiger partial charge on any atom is 0.240 e. The summed E-state index contributed by atoms with van der Waals surface area (Å²) in [5, 5.41) is 3.54. The molecule has 0 radical (unpaired) electrons. The van der Waals surface area contributed by atoms with Crippen LogP contribution in [0.25, 0.3) is 22.1 Å². The molecule has 3 N–H and O–H groups in total. The van der Waals surface area contributed by atoms with Crippen molar-refractivity contribution in [3.8, 4) is 11.1 Å². The minimum absolute atomic E-state index is 0.100. The number of nitrogens with zero attached hydrogens (tertiary/aromatic N) is 1. The van der Waals surface area contributed by atoms with Gasteiger partial charge in [-0.2, -0.15) is 0 Å². The van der Waals surface area contributed by atoms with Crippen LogP contribution in [-0.2, 0) is 9.59 Å².